The molecule has 1 amide bonds. The van der Waals surface area contributed by atoms with Gasteiger partial charge in [-0.1, -0.05) is 6.07 Å². The summed E-state index contributed by atoms with van der Waals surface area (Å²) in [6.45, 7) is 20.7. The van der Waals surface area contributed by atoms with E-state index >= 15 is 0 Å². The van der Waals surface area contributed by atoms with Crippen LogP contribution in [-0.2, 0) is 31.7 Å². The number of aromatic carboxylic acids is 1. The fourth-order valence-electron chi connectivity index (χ4n) is 6.09. The number of esters is 1. The predicted molar refractivity (Wildman–Crippen MR) is 183 cm³/mol. The van der Waals surface area contributed by atoms with E-state index < -0.39 is 47.6 Å². The number of fused-ring (bicyclic) bond motifs is 1. The second-order valence-electron chi connectivity index (χ2n) is 15.9. The number of anilines is 2. The Kier molecular flexibility index (Phi) is 9.28. The highest BCUT2D eigenvalue weighted by Gasteiger charge is 2.53. The molecule has 260 valence electrons. The molecule has 2 saturated heterocycles. The lowest BCUT2D eigenvalue weighted by Crippen LogP contribution is -2.41. The third-order valence-corrected chi connectivity index (χ3v) is 9.17. The quantitative estimate of drug-likeness (QED) is 0.328. The van der Waals surface area contributed by atoms with Gasteiger partial charge in [0.1, 0.15) is 17.0 Å². The van der Waals surface area contributed by atoms with Crippen LogP contribution in [-0.4, -0.2) is 83.3 Å². The summed E-state index contributed by atoms with van der Waals surface area (Å²) >= 11 is 0. The van der Waals surface area contributed by atoms with E-state index in [9.17, 15) is 19.5 Å². The first kappa shape index (κ1) is 35.5. The van der Waals surface area contributed by atoms with Crippen molar-refractivity contribution >= 4 is 42.1 Å². The summed E-state index contributed by atoms with van der Waals surface area (Å²) in [6, 6.07) is 7.26. The van der Waals surface area contributed by atoms with Crippen LogP contribution < -0.4 is 20.6 Å². The lowest BCUT2D eigenvalue weighted by atomic mass is 9.77. The van der Waals surface area contributed by atoms with Crippen molar-refractivity contribution in [3.63, 3.8) is 0 Å². The summed E-state index contributed by atoms with van der Waals surface area (Å²) in [4.78, 5) is 47.3. The van der Waals surface area contributed by atoms with Crippen LogP contribution >= 0.6 is 0 Å². The number of carbonyl (C=O) groups excluding carboxylic acids is 2. The summed E-state index contributed by atoms with van der Waals surface area (Å²) in [5.74, 6) is -1.08. The highest BCUT2D eigenvalue weighted by atomic mass is 16.7. The molecule has 13 heteroatoms. The van der Waals surface area contributed by atoms with Crippen molar-refractivity contribution in [2.45, 2.75) is 117 Å². The molecule has 1 atom stereocenters. The number of nitrogens with one attached hydrogen (secondary N) is 1. The number of aromatic nitrogens is 1. The minimum atomic E-state index is -1.02. The number of hydrogen-bond donors (Lipinski definition) is 2. The van der Waals surface area contributed by atoms with Crippen LogP contribution in [0.4, 0.5) is 16.3 Å². The summed E-state index contributed by atoms with van der Waals surface area (Å²) in [7, 11) is -0.817. The average Bonchev–Trinajstić information content (AvgIpc) is 3.49. The Balaban J connectivity index is 1.40. The minimum Gasteiger partial charge on any atom is -0.478 e. The molecule has 2 fully saturated rings. The van der Waals surface area contributed by atoms with E-state index in [0.717, 1.165) is 17.7 Å². The zero-order valence-electron chi connectivity index (χ0n) is 29.9. The van der Waals surface area contributed by atoms with Gasteiger partial charge in [0.2, 0.25) is 0 Å². The first-order valence-corrected chi connectivity index (χ1v) is 16.6. The number of nitrogens with zero attached hydrogens (tertiary/aromatic N) is 3. The van der Waals surface area contributed by atoms with Crippen molar-refractivity contribution in [2.75, 3.05) is 29.4 Å². The van der Waals surface area contributed by atoms with Gasteiger partial charge >= 0.3 is 25.2 Å². The largest absolute Gasteiger partial charge is 0.497 e. The SMILES string of the molecule is CC(C)(C)OC(=O)NC1CCN(c2cc3c(c(C(=O)O)c2)CN(c2ccc(B4OC(C)(C)C(C)(C)O4)c(C(=O)OC(C)(C)C)n2)CC3)C1. The Morgan fingerprint density at radius 2 is 1.60 bits per heavy atom. The molecule has 12 nitrogen and oxygen atoms in total. The van der Waals surface area contributed by atoms with Gasteiger partial charge in [0.05, 0.1) is 22.8 Å². The number of pyridine rings is 1. The molecule has 0 saturated carbocycles. The molecule has 1 aromatic carbocycles. The highest BCUT2D eigenvalue weighted by Crippen LogP contribution is 2.37. The fraction of sp³-hybridized carbons (Fsp3) is 0.600. The standard InChI is InChI=1S/C35H49BN4O8/c1-32(2,3)45-30(43)28-26(36-47-34(7,8)35(9,10)48-36)11-12-27(38-28)40-15-13-21-17-23(18-24(29(41)42)25(21)20-40)39-16-14-22(19-39)37-31(44)46-33(4,5)6/h11-12,17-18,22H,13-16,19-20H2,1-10H3,(H,37,44)(H,41,42). The molecule has 3 aliphatic rings. The van der Waals surface area contributed by atoms with E-state index in [1.165, 1.54) is 0 Å². The first-order valence-electron chi connectivity index (χ1n) is 16.6. The molecule has 3 aliphatic heterocycles. The average molecular weight is 665 g/mol. The van der Waals surface area contributed by atoms with E-state index in [-0.39, 0.29) is 17.3 Å². The van der Waals surface area contributed by atoms with E-state index in [1.807, 2.05) is 59.4 Å². The van der Waals surface area contributed by atoms with E-state index in [0.29, 0.717) is 49.4 Å². The van der Waals surface area contributed by atoms with Crippen LogP contribution in [0.15, 0.2) is 24.3 Å². The maximum absolute atomic E-state index is 13.5. The van der Waals surface area contributed by atoms with Crippen LogP contribution in [0, 0.1) is 0 Å². The Morgan fingerprint density at radius 3 is 2.21 bits per heavy atom. The van der Waals surface area contributed by atoms with Crippen molar-refractivity contribution < 1.29 is 38.3 Å². The Labute approximate surface area is 283 Å². The van der Waals surface area contributed by atoms with Crippen LogP contribution in [0.3, 0.4) is 0 Å². The zero-order chi connectivity index (χ0) is 35.4. The van der Waals surface area contributed by atoms with Crippen molar-refractivity contribution in [3.8, 4) is 0 Å². The number of carboxylic acids is 1. The molecule has 0 spiro atoms. The highest BCUT2D eigenvalue weighted by molar-refractivity contribution is 6.63. The molecule has 0 bridgehead atoms. The maximum atomic E-state index is 13.5. The topological polar surface area (TPSA) is 140 Å². The van der Waals surface area contributed by atoms with Gasteiger partial charge in [-0.2, -0.15) is 0 Å². The number of alkyl carbamates (subject to hydrolysis) is 1. The molecule has 2 N–H and O–H groups in total. The van der Waals surface area contributed by atoms with Gasteiger partial charge in [-0.3, -0.25) is 0 Å². The molecule has 4 heterocycles. The molecule has 2 aromatic rings. The van der Waals surface area contributed by atoms with Gasteiger partial charge in [-0.25, -0.2) is 19.4 Å². The van der Waals surface area contributed by atoms with Crippen LogP contribution in [0.2, 0.25) is 0 Å². The third kappa shape index (κ3) is 7.73. The van der Waals surface area contributed by atoms with Crippen LogP contribution in [0.1, 0.15) is 108 Å². The van der Waals surface area contributed by atoms with Gasteiger partial charge < -0.3 is 39.0 Å². The number of amides is 1. The van der Waals surface area contributed by atoms with Crippen molar-refractivity contribution in [2.24, 2.45) is 0 Å². The lowest BCUT2D eigenvalue weighted by Gasteiger charge is -2.32. The van der Waals surface area contributed by atoms with Crippen molar-refractivity contribution in [1.82, 2.24) is 10.3 Å². The third-order valence-electron chi connectivity index (χ3n) is 9.17. The Bertz CT molecular complexity index is 1580. The summed E-state index contributed by atoms with van der Waals surface area (Å²) < 4.78 is 23.7. The van der Waals surface area contributed by atoms with E-state index in [1.54, 1.807) is 32.9 Å². The summed E-state index contributed by atoms with van der Waals surface area (Å²) in [6.07, 6.45) is 0.845. The van der Waals surface area contributed by atoms with Gasteiger partial charge in [0.25, 0.3) is 0 Å². The summed E-state index contributed by atoms with van der Waals surface area (Å²) in [5, 5.41) is 13.2. The zero-order valence-corrected chi connectivity index (χ0v) is 29.9. The normalized spacial score (nSPS) is 20.4. The molecule has 1 unspecified atom stereocenters. The number of hydrogen-bond acceptors (Lipinski definition) is 10. The number of benzene rings is 1. The van der Waals surface area contributed by atoms with Crippen LogP contribution in [0.5, 0.6) is 0 Å². The number of rotatable bonds is 6. The number of carboxylic acid groups (broad SMARTS) is 1. The molecule has 0 aliphatic carbocycles. The first-order chi connectivity index (χ1) is 22.1. The lowest BCUT2D eigenvalue weighted by molar-refractivity contribution is 0.00578. The number of carbonyl (C=O) groups is 3. The minimum absolute atomic E-state index is 0.101. The monoisotopic (exact) mass is 664 g/mol. The van der Waals surface area contributed by atoms with Crippen molar-refractivity contribution in [3.05, 3.63) is 46.6 Å². The molecule has 5 rings (SSSR count). The smallest absolute Gasteiger partial charge is 0.478 e. The second kappa shape index (κ2) is 12.6. The summed E-state index contributed by atoms with van der Waals surface area (Å²) in [5.41, 5.74) is 0.691. The fourth-order valence-corrected chi connectivity index (χ4v) is 6.09. The van der Waals surface area contributed by atoms with Gasteiger partial charge in [0, 0.05) is 37.3 Å². The molecule has 1 aromatic heterocycles. The molecule has 48 heavy (non-hydrogen) atoms. The Hall–Kier alpha value is -3.84. The van der Waals surface area contributed by atoms with Gasteiger partial charge in [-0.15, -0.1) is 0 Å². The Morgan fingerprint density at radius 1 is 0.958 bits per heavy atom. The van der Waals surface area contributed by atoms with Crippen molar-refractivity contribution in [1.29, 1.82) is 0 Å². The van der Waals surface area contributed by atoms with E-state index in [2.05, 4.69) is 16.3 Å². The molecular weight excluding hydrogens is 615 g/mol. The predicted octanol–water partition coefficient (Wildman–Crippen LogP) is 4.70. The molecular formula is C35H49BN4O8. The van der Waals surface area contributed by atoms with Gasteiger partial charge in [-0.05, 0) is 111 Å². The second-order valence-corrected chi connectivity index (χ2v) is 15.9. The van der Waals surface area contributed by atoms with E-state index in [4.69, 9.17) is 23.8 Å². The van der Waals surface area contributed by atoms with Crippen LogP contribution in [0.25, 0.3) is 0 Å². The number of ether oxygens (including phenoxy) is 2. The molecule has 0 radical (unpaired) electrons. The maximum Gasteiger partial charge on any atom is 0.497 e. The van der Waals surface area contributed by atoms with Gasteiger partial charge in [0.15, 0.2) is 5.69 Å².